The molecule has 0 unspecified atom stereocenters. The van der Waals surface area contributed by atoms with Gasteiger partial charge in [0, 0.05) is 5.54 Å². The van der Waals surface area contributed by atoms with Crippen molar-refractivity contribution in [3.05, 3.63) is 0 Å². The van der Waals surface area contributed by atoms with Gasteiger partial charge in [0.2, 0.25) is 6.41 Å². The molecule has 11 heavy (non-hydrogen) atoms. The van der Waals surface area contributed by atoms with E-state index in [1.165, 1.54) is 0 Å². The first kappa shape index (κ1) is 8.53. The number of hydrogen-bond acceptors (Lipinski definition) is 2. The van der Waals surface area contributed by atoms with E-state index < -0.39 is 0 Å². The lowest BCUT2D eigenvalue weighted by atomic mass is 10.2. The monoisotopic (exact) mass is 156 g/mol. The summed E-state index contributed by atoms with van der Waals surface area (Å²) in [4.78, 5) is 12.3. The number of nitrogens with one attached hydrogen (secondary N) is 1. The van der Waals surface area contributed by atoms with Crippen LogP contribution in [0.5, 0.6) is 0 Å². The highest BCUT2D eigenvalue weighted by Crippen LogP contribution is 2.38. The minimum absolute atomic E-state index is 0.173. The van der Waals surface area contributed by atoms with Crippen LogP contribution in [-0.2, 0) is 4.79 Å². The molecule has 1 rings (SSSR count). The van der Waals surface area contributed by atoms with Crippen LogP contribution in [-0.4, -0.2) is 37.5 Å². The van der Waals surface area contributed by atoms with Crippen molar-refractivity contribution in [2.75, 3.05) is 20.6 Å². The average molecular weight is 156 g/mol. The molecule has 0 spiro atoms. The van der Waals surface area contributed by atoms with Gasteiger partial charge < -0.3 is 10.2 Å². The Bertz CT molecular complexity index is 141. The van der Waals surface area contributed by atoms with Gasteiger partial charge in [-0.05, 0) is 39.9 Å². The van der Waals surface area contributed by atoms with E-state index in [1.54, 1.807) is 0 Å². The van der Waals surface area contributed by atoms with Gasteiger partial charge in [-0.15, -0.1) is 0 Å². The first-order valence-electron chi connectivity index (χ1n) is 4.05. The highest BCUT2D eigenvalue weighted by molar-refractivity contribution is 5.49. The molecular weight excluding hydrogens is 140 g/mol. The maximum absolute atomic E-state index is 10.2. The van der Waals surface area contributed by atoms with E-state index in [-0.39, 0.29) is 5.54 Å². The smallest absolute Gasteiger partial charge is 0.207 e. The third-order valence-electron chi connectivity index (χ3n) is 2.26. The fraction of sp³-hybridized carbons (Fsp3) is 0.875. The predicted octanol–water partition coefficient (Wildman–Crippen LogP) is 0.217. The van der Waals surface area contributed by atoms with Gasteiger partial charge in [0.05, 0.1) is 0 Å². The van der Waals surface area contributed by atoms with E-state index in [0.29, 0.717) is 0 Å². The lowest BCUT2D eigenvalue weighted by molar-refractivity contribution is -0.110. The molecule has 0 aromatic heterocycles. The second-order valence-electron chi connectivity index (χ2n) is 3.60. The number of nitrogens with zero attached hydrogens (tertiary/aromatic N) is 1. The minimum atomic E-state index is 0.173. The molecule has 1 amide bonds. The largest absolute Gasteiger partial charge is 0.353 e. The fourth-order valence-corrected chi connectivity index (χ4v) is 1.18. The highest BCUT2D eigenvalue weighted by Gasteiger charge is 2.41. The second-order valence-corrected chi connectivity index (χ2v) is 3.60. The van der Waals surface area contributed by atoms with Crippen molar-refractivity contribution in [3.63, 3.8) is 0 Å². The number of carbonyl (C=O) groups excluding carboxylic acids is 1. The van der Waals surface area contributed by atoms with Crippen molar-refractivity contribution in [3.8, 4) is 0 Å². The van der Waals surface area contributed by atoms with E-state index in [4.69, 9.17) is 0 Å². The molecule has 3 heteroatoms. The fourth-order valence-electron chi connectivity index (χ4n) is 1.18. The van der Waals surface area contributed by atoms with Crippen LogP contribution in [0.1, 0.15) is 19.3 Å². The maximum atomic E-state index is 10.2. The molecule has 0 aromatic rings. The van der Waals surface area contributed by atoms with Gasteiger partial charge >= 0.3 is 0 Å². The van der Waals surface area contributed by atoms with Crippen molar-refractivity contribution in [1.29, 1.82) is 0 Å². The van der Waals surface area contributed by atoms with Crippen molar-refractivity contribution in [1.82, 2.24) is 10.2 Å². The first-order chi connectivity index (χ1) is 5.18. The van der Waals surface area contributed by atoms with E-state index in [0.717, 1.165) is 32.2 Å². The van der Waals surface area contributed by atoms with Crippen LogP contribution in [0.4, 0.5) is 0 Å². The standard InChI is InChI=1S/C8H16N2O/c1-10(2)6-5-8(3-4-8)9-7-11/h7H,3-6H2,1-2H3,(H,9,11). The highest BCUT2D eigenvalue weighted by atomic mass is 16.1. The van der Waals surface area contributed by atoms with Gasteiger partial charge in [-0.25, -0.2) is 0 Å². The van der Waals surface area contributed by atoms with Crippen LogP contribution in [0.3, 0.4) is 0 Å². The molecule has 0 aromatic carbocycles. The van der Waals surface area contributed by atoms with Crippen LogP contribution < -0.4 is 5.32 Å². The Hall–Kier alpha value is -0.570. The van der Waals surface area contributed by atoms with Crippen molar-refractivity contribution in [2.24, 2.45) is 0 Å². The Kier molecular flexibility index (Phi) is 2.49. The molecule has 3 nitrogen and oxygen atoms in total. The van der Waals surface area contributed by atoms with Crippen molar-refractivity contribution < 1.29 is 4.79 Å². The summed E-state index contributed by atoms with van der Waals surface area (Å²) in [7, 11) is 4.11. The number of amides is 1. The summed E-state index contributed by atoms with van der Waals surface area (Å²) in [5.74, 6) is 0. The lowest BCUT2D eigenvalue weighted by Crippen LogP contribution is -2.33. The summed E-state index contributed by atoms with van der Waals surface area (Å²) < 4.78 is 0. The van der Waals surface area contributed by atoms with Crippen molar-refractivity contribution in [2.45, 2.75) is 24.8 Å². The average Bonchev–Trinajstić information content (AvgIpc) is 2.67. The summed E-state index contributed by atoms with van der Waals surface area (Å²) in [5.41, 5.74) is 0.173. The molecule has 0 heterocycles. The predicted molar refractivity (Wildman–Crippen MR) is 44.3 cm³/mol. The molecule has 0 radical (unpaired) electrons. The van der Waals surface area contributed by atoms with Gasteiger partial charge in [-0.2, -0.15) is 0 Å². The summed E-state index contributed by atoms with van der Waals surface area (Å²) >= 11 is 0. The SMILES string of the molecule is CN(C)CCC1(NC=O)CC1. The quantitative estimate of drug-likeness (QED) is 0.577. The number of carbonyl (C=O) groups is 1. The zero-order valence-electron chi connectivity index (χ0n) is 7.26. The Morgan fingerprint density at radius 1 is 1.55 bits per heavy atom. The van der Waals surface area contributed by atoms with E-state index in [9.17, 15) is 4.79 Å². The Morgan fingerprint density at radius 2 is 2.18 bits per heavy atom. The summed E-state index contributed by atoms with van der Waals surface area (Å²) in [5, 5.41) is 2.88. The van der Waals surface area contributed by atoms with Gasteiger partial charge in [0.1, 0.15) is 0 Å². The molecule has 1 aliphatic carbocycles. The van der Waals surface area contributed by atoms with E-state index >= 15 is 0 Å². The van der Waals surface area contributed by atoms with Crippen LogP contribution in [0, 0.1) is 0 Å². The zero-order valence-corrected chi connectivity index (χ0v) is 7.26. The third kappa shape index (κ3) is 2.50. The van der Waals surface area contributed by atoms with Gasteiger partial charge in [-0.1, -0.05) is 0 Å². The zero-order chi connectivity index (χ0) is 8.32. The molecule has 1 aliphatic rings. The van der Waals surface area contributed by atoms with E-state index in [1.807, 2.05) is 0 Å². The maximum Gasteiger partial charge on any atom is 0.207 e. The molecule has 1 fully saturated rings. The summed E-state index contributed by atoms with van der Waals surface area (Å²) in [6.07, 6.45) is 4.21. The Morgan fingerprint density at radius 3 is 2.55 bits per heavy atom. The molecule has 0 bridgehead atoms. The van der Waals surface area contributed by atoms with E-state index in [2.05, 4.69) is 24.3 Å². The first-order valence-corrected chi connectivity index (χ1v) is 4.05. The van der Waals surface area contributed by atoms with Crippen LogP contribution in [0.25, 0.3) is 0 Å². The topological polar surface area (TPSA) is 32.3 Å². The van der Waals surface area contributed by atoms with Gasteiger partial charge in [0.25, 0.3) is 0 Å². The molecular formula is C8H16N2O. The normalized spacial score (nSPS) is 19.9. The molecule has 1 N–H and O–H groups in total. The molecule has 0 atom stereocenters. The van der Waals surface area contributed by atoms with Crippen molar-refractivity contribution >= 4 is 6.41 Å². The van der Waals surface area contributed by atoms with Crippen LogP contribution >= 0.6 is 0 Å². The number of hydrogen-bond donors (Lipinski definition) is 1. The minimum Gasteiger partial charge on any atom is -0.353 e. The van der Waals surface area contributed by atoms with Crippen LogP contribution in [0.2, 0.25) is 0 Å². The van der Waals surface area contributed by atoms with Crippen LogP contribution in [0.15, 0.2) is 0 Å². The molecule has 1 saturated carbocycles. The van der Waals surface area contributed by atoms with Gasteiger partial charge in [0.15, 0.2) is 0 Å². The summed E-state index contributed by atoms with van der Waals surface area (Å²) in [6.45, 7) is 1.06. The summed E-state index contributed by atoms with van der Waals surface area (Å²) in [6, 6.07) is 0. The molecule has 0 saturated heterocycles. The lowest BCUT2D eigenvalue weighted by Gasteiger charge is -2.16. The third-order valence-corrected chi connectivity index (χ3v) is 2.26. The number of rotatable bonds is 5. The second kappa shape index (κ2) is 3.22. The molecule has 0 aliphatic heterocycles. The Balaban J connectivity index is 2.19. The van der Waals surface area contributed by atoms with Gasteiger partial charge in [-0.3, -0.25) is 4.79 Å². The molecule has 64 valence electrons. The Labute approximate surface area is 67.8 Å².